The standard InChI is InChI=1S/C12H17N/c1-9-5-3-4-6-12(9)10(2)13-11-7-8-11/h3-6,10-11,13H,7-8H2,1-2H3/t10-/m0/s1. The predicted octanol–water partition coefficient (Wildman–Crippen LogP) is 2.81. The Kier molecular flexibility index (Phi) is 2.36. The third-order valence-electron chi connectivity index (χ3n) is 2.72. The van der Waals surface area contributed by atoms with E-state index < -0.39 is 0 Å². The molecule has 0 bridgehead atoms. The molecule has 0 aromatic heterocycles. The molecule has 0 saturated heterocycles. The zero-order valence-corrected chi connectivity index (χ0v) is 8.38. The van der Waals surface area contributed by atoms with Crippen LogP contribution in [-0.4, -0.2) is 6.04 Å². The van der Waals surface area contributed by atoms with Gasteiger partial charge in [0.05, 0.1) is 0 Å². The summed E-state index contributed by atoms with van der Waals surface area (Å²) in [6.45, 7) is 4.43. The first-order valence-electron chi connectivity index (χ1n) is 5.09. The van der Waals surface area contributed by atoms with Crippen molar-refractivity contribution in [2.24, 2.45) is 0 Å². The molecule has 1 fully saturated rings. The van der Waals surface area contributed by atoms with E-state index in [1.54, 1.807) is 0 Å². The van der Waals surface area contributed by atoms with Crippen LogP contribution in [0.25, 0.3) is 0 Å². The maximum Gasteiger partial charge on any atom is 0.0296 e. The van der Waals surface area contributed by atoms with Gasteiger partial charge in [0.1, 0.15) is 0 Å². The molecule has 1 aliphatic carbocycles. The van der Waals surface area contributed by atoms with Gasteiger partial charge in [-0.2, -0.15) is 0 Å². The first kappa shape index (κ1) is 8.76. The van der Waals surface area contributed by atoms with Crippen LogP contribution >= 0.6 is 0 Å². The fourth-order valence-corrected chi connectivity index (χ4v) is 1.77. The summed E-state index contributed by atoms with van der Waals surface area (Å²) < 4.78 is 0. The van der Waals surface area contributed by atoms with E-state index in [2.05, 4.69) is 43.4 Å². The van der Waals surface area contributed by atoms with Crippen molar-refractivity contribution < 1.29 is 0 Å². The summed E-state index contributed by atoms with van der Waals surface area (Å²) in [4.78, 5) is 0. The Labute approximate surface area is 80.2 Å². The van der Waals surface area contributed by atoms with E-state index in [0.717, 1.165) is 6.04 Å². The zero-order valence-electron chi connectivity index (χ0n) is 8.38. The molecule has 0 heterocycles. The van der Waals surface area contributed by atoms with Gasteiger partial charge in [-0.05, 0) is 37.8 Å². The van der Waals surface area contributed by atoms with Gasteiger partial charge in [-0.25, -0.2) is 0 Å². The number of hydrogen-bond acceptors (Lipinski definition) is 1. The van der Waals surface area contributed by atoms with Gasteiger partial charge in [-0.15, -0.1) is 0 Å². The molecule has 1 nitrogen and oxygen atoms in total. The molecule has 0 aliphatic heterocycles. The van der Waals surface area contributed by atoms with Crippen LogP contribution < -0.4 is 5.32 Å². The molecule has 2 rings (SSSR count). The molecule has 70 valence electrons. The Morgan fingerprint density at radius 3 is 2.62 bits per heavy atom. The summed E-state index contributed by atoms with van der Waals surface area (Å²) in [5.74, 6) is 0. The molecule has 1 aliphatic rings. The molecule has 13 heavy (non-hydrogen) atoms. The van der Waals surface area contributed by atoms with E-state index >= 15 is 0 Å². The summed E-state index contributed by atoms with van der Waals surface area (Å²) in [5, 5.41) is 3.61. The number of rotatable bonds is 3. The van der Waals surface area contributed by atoms with E-state index in [9.17, 15) is 0 Å². The molecular formula is C12H17N. The number of nitrogens with one attached hydrogen (secondary N) is 1. The Morgan fingerprint density at radius 1 is 1.31 bits per heavy atom. The Bertz CT molecular complexity index is 289. The lowest BCUT2D eigenvalue weighted by Crippen LogP contribution is -2.21. The average Bonchev–Trinajstić information content (AvgIpc) is 2.89. The maximum atomic E-state index is 3.61. The molecule has 0 unspecified atom stereocenters. The van der Waals surface area contributed by atoms with Gasteiger partial charge < -0.3 is 5.32 Å². The third-order valence-corrected chi connectivity index (χ3v) is 2.72. The van der Waals surface area contributed by atoms with Crippen LogP contribution in [0.15, 0.2) is 24.3 Å². The van der Waals surface area contributed by atoms with Crippen molar-refractivity contribution in [3.05, 3.63) is 35.4 Å². The molecular weight excluding hydrogens is 158 g/mol. The first-order chi connectivity index (χ1) is 6.27. The average molecular weight is 175 g/mol. The van der Waals surface area contributed by atoms with Crippen molar-refractivity contribution in [2.45, 2.75) is 38.8 Å². The Morgan fingerprint density at radius 2 is 2.00 bits per heavy atom. The summed E-state index contributed by atoms with van der Waals surface area (Å²) in [6.07, 6.45) is 2.71. The molecule has 0 amide bonds. The van der Waals surface area contributed by atoms with Crippen molar-refractivity contribution in [1.29, 1.82) is 0 Å². The van der Waals surface area contributed by atoms with Crippen LogP contribution in [0.1, 0.15) is 36.9 Å². The molecule has 0 spiro atoms. The molecule has 1 heteroatoms. The minimum absolute atomic E-state index is 0.508. The SMILES string of the molecule is Cc1ccccc1[C@H](C)NC1CC1. The number of hydrogen-bond donors (Lipinski definition) is 1. The van der Waals surface area contributed by atoms with E-state index in [4.69, 9.17) is 0 Å². The lowest BCUT2D eigenvalue weighted by atomic mass is 10.0. The topological polar surface area (TPSA) is 12.0 Å². The van der Waals surface area contributed by atoms with Gasteiger partial charge in [-0.3, -0.25) is 0 Å². The molecule has 1 N–H and O–H groups in total. The minimum Gasteiger partial charge on any atom is -0.307 e. The molecule has 1 atom stereocenters. The highest BCUT2D eigenvalue weighted by atomic mass is 15.0. The van der Waals surface area contributed by atoms with Crippen LogP contribution in [0.4, 0.5) is 0 Å². The second-order valence-electron chi connectivity index (χ2n) is 4.02. The predicted molar refractivity (Wildman–Crippen MR) is 55.8 cm³/mol. The van der Waals surface area contributed by atoms with Gasteiger partial charge in [0.2, 0.25) is 0 Å². The second-order valence-corrected chi connectivity index (χ2v) is 4.02. The van der Waals surface area contributed by atoms with Crippen molar-refractivity contribution in [3.63, 3.8) is 0 Å². The van der Waals surface area contributed by atoms with E-state index in [0.29, 0.717) is 6.04 Å². The van der Waals surface area contributed by atoms with Crippen molar-refractivity contribution >= 4 is 0 Å². The highest BCUT2D eigenvalue weighted by molar-refractivity contribution is 5.28. The molecule has 1 saturated carbocycles. The van der Waals surface area contributed by atoms with Gasteiger partial charge in [-0.1, -0.05) is 24.3 Å². The quantitative estimate of drug-likeness (QED) is 0.745. The highest BCUT2D eigenvalue weighted by Crippen LogP contribution is 2.25. The van der Waals surface area contributed by atoms with Crippen molar-refractivity contribution in [1.82, 2.24) is 5.32 Å². The van der Waals surface area contributed by atoms with Crippen molar-refractivity contribution in [2.75, 3.05) is 0 Å². The smallest absolute Gasteiger partial charge is 0.0296 e. The fourth-order valence-electron chi connectivity index (χ4n) is 1.77. The zero-order chi connectivity index (χ0) is 9.26. The maximum absolute atomic E-state index is 3.61. The van der Waals surface area contributed by atoms with Crippen LogP contribution in [0.2, 0.25) is 0 Å². The normalized spacial score (nSPS) is 18.6. The van der Waals surface area contributed by atoms with Crippen molar-refractivity contribution in [3.8, 4) is 0 Å². The number of aryl methyl sites for hydroxylation is 1. The number of benzene rings is 1. The molecule has 1 aromatic carbocycles. The molecule has 0 radical (unpaired) electrons. The van der Waals surface area contributed by atoms with E-state index in [1.165, 1.54) is 24.0 Å². The lowest BCUT2D eigenvalue weighted by Gasteiger charge is -2.15. The molecule has 1 aromatic rings. The van der Waals surface area contributed by atoms with Crippen LogP contribution in [-0.2, 0) is 0 Å². The van der Waals surface area contributed by atoms with E-state index in [-0.39, 0.29) is 0 Å². The van der Waals surface area contributed by atoms with Crippen LogP contribution in [0.3, 0.4) is 0 Å². The monoisotopic (exact) mass is 175 g/mol. The van der Waals surface area contributed by atoms with Gasteiger partial charge in [0.15, 0.2) is 0 Å². The minimum atomic E-state index is 0.508. The van der Waals surface area contributed by atoms with Gasteiger partial charge in [0.25, 0.3) is 0 Å². The first-order valence-corrected chi connectivity index (χ1v) is 5.09. The lowest BCUT2D eigenvalue weighted by molar-refractivity contribution is 0.569. The Hall–Kier alpha value is -0.820. The summed E-state index contributed by atoms with van der Waals surface area (Å²) in [5.41, 5.74) is 2.83. The highest BCUT2D eigenvalue weighted by Gasteiger charge is 2.23. The van der Waals surface area contributed by atoms with Gasteiger partial charge in [0, 0.05) is 12.1 Å². The summed E-state index contributed by atoms with van der Waals surface area (Å²) in [7, 11) is 0. The van der Waals surface area contributed by atoms with Gasteiger partial charge >= 0.3 is 0 Å². The van der Waals surface area contributed by atoms with E-state index in [1.807, 2.05) is 0 Å². The Balaban J connectivity index is 2.09. The third kappa shape index (κ3) is 2.10. The van der Waals surface area contributed by atoms with Crippen LogP contribution in [0.5, 0.6) is 0 Å². The second kappa shape index (κ2) is 3.51. The summed E-state index contributed by atoms with van der Waals surface area (Å²) >= 11 is 0. The summed E-state index contributed by atoms with van der Waals surface area (Å²) in [6, 6.07) is 9.91. The fraction of sp³-hybridized carbons (Fsp3) is 0.500. The largest absolute Gasteiger partial charge is 0.307 e. The van der Waals surface area contributed by atoms with Crippen LogP contribution in [0, 0.1) is 6.92 Å².